The quantitative estimate of drug-likeness (QED) is 0.892. The Hall–Kier alpha value is -2.32. The Labute approximate surface area is 127 Å². The summed E-state index contributed by atoms with van der Waals surface area (Å²) >= 11 is 1.44. The van der Waals surface area contributed by atoms with Crippen molar-refractivity contribution in [1.82, 2.24) is 0 Å². The lowest BCUT2D eigenvalue weighted by atomic mass is 10.1. The van der Waals surface area contributed by atoms with Crippen LogP contribution in [0.1, 0.15) is 31.9 Å². The molecule has 0 radical (unpaired) electrons. The first-order chi connectivity index (χ1) is 10.1. The zero-order valence-electron chi connectivity index (χ0n) is 11.9. The minimum absolute atomic E-state index is 0.177. The minimum Gasteiger partial charge on any atom is -0.384 e. The summed E-state index contributed by atoms with van der Waals surface area (Å²) in [5.41, 5.74) is 4.38. The number of aryl methyl sites for hydroxylation is 1. The zero-order valence-corrected chi connectivity index (χ0v) is 12.7. The SMILES string of the molecule is Cc1sc(NC(=O)c2ccc3c(c2)NCC3)c(C#N)c1C. The van der Waals surface area contributed by atoms with Crippen LogP contribution in [0.25, 0.3) is 0 Å². The molecule has 0 unspecified atom stereocenters. The number of hydrogen-bond donors (Lipinski definition) is 2. The van der Waals surface area contributed by atoms with Gasteiger partial charge in [-0.15, -0.1) is 11.3 Å². The van der Waals surface area contributed by atoms with Crippen molar-refractivity contribution in [3.05, 3.63) is 45.3 Å². The highest BCUT2D eigenvalue weighted by Crippen LogP contribution is 2.32. The van der Waals surface area contributed by atoms with Gasteiger partial charge in [-0.3, -0.25) is 4.79 Å². The van der Waals surface area contributed by atoms with Crippen molar-refractivity contribution in [2.45, 2.75) is 20.3 Å². The minimum atomic E-state index is -0.177. The molecule has 106 valence electrons. The Morgan fingerprint density at radius 1 is 1.43 bits per heavy atom. The number of hydrogen-bond acceptors (Lipinski definition) is 4. The third-order valence-electron chi connectivity index (χ3n) is 3.81. The molecule has 1 aromatic heterocycles. The van der Waals surface area contributed by atoms with Gasteiger partial charge in [0.15, 0.2) is 0 Å². The largest absolute Gasteiger partial charge is 0.384 e. The number of nitriles is 1. The summed E-state index contributed by atoms with van der Waals surface area (Å²) in [6.45, 7) is 4.78. The fourth-order valence-corrected chi connectivity index (χ4v) is 3.46. The first-order valence-electron chi connectivity index (χ1n) is 6.78. The lowest BCUT2D eigenvalue weighted by molar-refractivity contribution is 0.102. The van der Waals surface area contributed by atoms with Crippen LogP contribution in [0.5, 0.6) is 0 Å². The van der Waals surface area contributed by atoms with Gasteiger partial charge in [0.25, 0.3) is 5.91 Å². The van der Waals surface area contributed by atoms with Crippen molar-refractivity contribution >= 4 is 27.9 Å². The molecule has 0 spiro atoms. The summed E-state index contributed by atoms with van der Waals surface area (Å²) < 4.78 is 0. The van der Waals surface area contributed by atoms with Crippen LogP contribution in [0.2, 0.25) is 0 Å². The first kappa shape index (κ1) is 13.7. The standard InChI is InChI=1S/C16H15N3OS/c1-9-10(2)21-16(13(9)8-17)19-15(20)12-4-3-11-5-6-18-14(11)7-12/h3-4,7,18H,5-6H2,1-2H3,(H,19,20). The number of anilines is 2. The van der Waals surface area contributed by atoms with Crippen LogP contribution >= 0.6 is 11.3 Å². The maximum atomic E-state index is 12.4. The molecule has 1 amide bonds. The number of carbonyl (C=O) groups excluding carboxylic acids is 1. The highest BCUT2D eigenvalue weighted by Gasteiger charge is 2.17. The molecule has 3 rings (SSSR count). The van der Waals surface area contributed by atoms with Crippen molar-refractivity contribution in [2.75, 3.05) is 17.2 Å². The van der Waals surface area contributed by atoms with Gasteiger partial charge >= 0.3 is 0 Å². The van der Waals surface area contributed by atoms with Crippen LogP contribution in [0, 0.1) is 25.2 Å². The van der Waals surface area contributed by atoms with E-state index in [1.807, 2.05) is 32.0 Å². The molecule has 1 aliphatic rings. The second-order valence-corrected chi connectivity index (χ2v) is 6.33. The van der Waals surface area contributed by atoms with Crippen LogP contribution in [0.3, 0.4) is 0 Å². The Bertz CT molecular complexity index is 771. The van der Waals surface area contributed by atoms with Crippen molar-refractivity contribution in [1.29, 1.82) is 5.26 Å². The van der Waals surface area contributed by atoms with Crippen molar-refractivity contribution in [3.63, 3.8) is 0 Å². The Kier molecular flexibility index (Phi) is 3.40. The third kappa shape index (κ3) is 2.39. The van der Waals surface area contributed by atoms with Crippen LogP contribution < -0.4 is 10.6 Å². The topological polar surface area (TPSA) is 64.9 Å². The maximum absolute atomic E-state index is 12.4. The average molecular weight is 297 g/mol. The molecule has 0 fully saturated rings. The number of benzene rings is 1. The van der Waals surface area contributed by atoms with Gasteiger partial charge in [0.1, 0.15) is 11.1 Å². The monoisotopic (exact) mass is 297 g/mol. The number of fused-ring (bicyclic) bond motifs is 1. The molecule has 1 aliphatic heterocycles. The molecular weight excluding hydrogens is 282 g/mol. The molecule has 2 aromatic rings. The summed E-state index contributed by atoms with van der Waals surface area (Å²) in [6, 6.07) is 7.86. The lowest BCUT2D eigenvalue weighted by Crippen LogP contribution is -2.12. The fraction of sp³-hybridized carbons (Fsp3) is 0.250. The van der Waals surface area contributed by atoms with E-state index < -0.39 is 0 Å². The molecule has 5 heteroatoms. The zero-order chi connectivity index (χ0) is 15.0. The van der Waals surface area contributed by atoms with Gasteiger partial charge in [-0.05, 0) is 43.5 Å². The van der Waals surface area contributed by atoms with Gasteiger partial charge in [0.05, 0.1) is 5.56 Å². The van der Waals surface area contributed by atoms with Crippen molar-refractivity contribution in [3.8, 4) is 6.07 Å². The molecular formula is C16H15N3OS. The van der Waals surface area contributed by atoms with Gasteiger partial charge in [0.2, 0.25) is 0 Å². The van der Waals surface area contributed by atoms with E-state index in [0.29, 0.717) is 16.1 Å². The van der Waals surface area contributed by atoms with Gasteiger partial charge in [-0.2, -0.15) is 5.26 Å². The van der Waals surface area contributed by atoms with Gasteiger partial charge in [0, 0.05) is 22.7 Å². The first-order valence-corrected chi connectivity index (χ1v) is 7.60. The van der Waals surface area contributed by atoms with E-state index in [1.54, 1.807) is 0 Å². The molecule has 2 heterocycles. The molecule has 0 saturated heterocycles. The molecule has 0 bridgehead atoms. The second-order valence-electron chi connectivity index (χ2n) is 5.10. The Balaban J connectivity index is 1.87. The van der Waals surface area contributed by atoms with Crippen molar-refractivity contribution < 1.29 is 4.79 Å². The normalized spacial score (nSPS) is 12.4. The molecule has 1 aromatic carbocycles. The van der Waals surface area contributed by atoms with Crippen LogP contribution in [0.15, 0.2) is 18.2 Å². The number of thiophene rings is 1. The third-order valence-corrected chi connectivity index (χ3v) is 4.93. The van der Waals surface area contributed by atoms with E-state index in [0.717, 1.165) is 29.1 Å². The summed E-state index contributed by atoms with van der Waals surface area (Å²) in [5, 5.41) is 16.0. The summed E-state index contributed by atoms with van der Waals surface area (Å²) in [7, 11) is 0. The lowest BCUT2D eigenvalue weighted by Gasteiger charge is -2.06. The molecule has 2 N–H and O–H groups in total. The van der Waals surface area contributed by atoms with Gasteiger partial charge < -0.3 is 10.6 Å². The van der Waals surface area contributed by atoms with Gasteiger partial charge in [-0.25, -0.2) is 0 Å². The van der Waals surface area contributed by atoms with E-state index in [-0.39, 0.29) is 5.91 Å². The van der Waals surface area contributed by atoms with Crippen LogP contribution in [-0.4, -0.2) is 12.5 Å². The van der Waals surface area contributed by atoms with Crippen molar-refractivity contribution in [2.24, 2.45) is 0 Å². The molecule has 0 saturated carbocycles. The number of rotatable bonds is 2. The molecule has 0 atom stereocenters. The number of nitrogens with zero attached hydrogens (tertiary/aromatic N) is 1. The van der Waals surface area contributed by atoms with E-state index in [1.165, 1.54) is 16.9 Å². The van der Waals surface area contributed by atoms with E-state index in [4.69, 9.17) is 0 Å². The maximum Gasteiger partial charge on any atom is 0.256 e. The Morgan fingerprint density at radius 3 is 3.00 bits per heavy atom. The van der Waals surface area contributed by atoms with Gasteiger partial charge in [-0.1, -0.05) is 6.07 Å². The highest BCUT2D eigenvalue weighted by molar-refractivity contribution is 7.16. The molecule has 4 nitrogen and oxygen atoms in total. The summed E-state index contributed by atoms with van der Waals surface area (Å²) in [5.74, 6) is -0.177. The predicted octanol–water partition coefficient (Wildman–Crippen LogP) is 3.46. The highest BCUT2D eigenvalue weighted by atomic mass is 32.1. The Morgan fingerprint density at radius 2 is 2.24 bits per heavy atom. The van der Waals surface area contributed by atoms with Crippen LogP contribution in [-0.2, 0) is 6.42 Å². The van der Waals surface area contributed by atoms with E-state index >= 15 is 0 Å². The number of carbonyl (C=O) groups is 1. The molecule has 21 heavy (non-hydrogen) atoms. The second kappa shape index (κ2) is 5.23. The average Bonchev–Trinajstić information content (AvgIpc) is 3.03. The van der Waals surface area contributed by atoms with Crippen LogP contribution in [0.4, 0.5) is 10.7 Å². The number of amides is 1. The predicted molar refractivity (Wildman–Crippen MR) is 85.1 cm³/mol. The van der Waals surface area contributed by atoms with E-state index in [2.05, 4.69) is 16.7 Å². The summed E-state index contributed by atoms with van der Waals surface area (Å²) in [4.78, 5) is 13.4. The molecule has 0 aliphatic carbocycles. The fourth-order valence-electron chi connectivity index (χ4n) is 2.46. The summed E-state index contributed by atoms with van der Waals surface area (Å²) in [6.07, 6.45) is 0.999. The smallest absolute Gasteiger partial charge is 0.256 e. The number of nitrogens with one attached hydrogen (secondary N) is 2. The van der Waals surface area contributed by atoms with E-state index in [9.17, 15) is 10.1 Å².